The first-order chi connectivity index (χ1) is 15.1. The zero-order valence-corrected chi connectivity index (χ0v) is 19.2. The van der Waals surface area contributed by atoms with Crippen molar-refractivity contribution in [2.75, 3.05) is 19.2 Å². The quantitative estimate of drug-likeness (QED) is 0.252. The largest absolute Gasteiger partial charge is 0.497 e. The zero-order chi connectivity index (χ0) is 21.8. The molecule has 8 heteroatoms. The molecule has 0 spiro atoms. The zero-order valence-electron chi connectivity index (χ0n) is 16.8. The van der Waals surface area contributed by atoms with Gasteiger partial charge in [-0.1, -0.05) is 33.3 Å². The molecule has 0 aliphatic carbocycles. The molecule has 4 aromatic rings. The van der Waals surface area contributed by atoms with Crippen LogP contribution >= 0.6 is 27.3 Å². The number of hydrogen-bond donors (Lipinski definition) is 0. The monoisotopic (exact) mass is 495 g/mol. The number of fused-ring (bicyclic) bond motifs is 1. The van der Waals surface area contributed by atoms with E-state index in [0.717, 1.165) is 31.8 Å². The van der Waals surface area contributed by atoms with Crippen molar-refractivity contribution in [3.05, 3.63) is 82.3 Å². The number of hydrogen-bond acceptors (Lipinski definition) is 6. The number of carbonyl (C=O) groups excluding carboxylic acids is 1. The van der Waals surface area contributed by atoms with Gasteiger partial charge in [0.15, 0.2) is 0 Å². The summed E-state index contributed by atoms with van der Waals surface area (Å²) in [6.45, 7) is 0. The van der Waals surface area contributed by atoms with Crippen LogP contribution in [0.5, 0.6) is 11.5 Å². The van der Waals surface area contributed by atoms with Gasteiger partial charge in [0.1, 0.15) is 11.5 Å². The first-order valence-electron chi connectivity index (χ1n) is 9.30. The fraction of sp³-hybridized carbons (Fsp3) is 0.0870. The molecule has 0 bridgehead atoms. The number of ether oxygens (including phenoxy) is 2. The van der Waals surface area contributed by atoms with Gasteiger partial charge in [-0.2, -0.15) is 10.1 Å². The second kappa shape index (κ2) is 9.28. The molecular formula is C23H18BrN3O3S. The summed E-state index contributed by atoms with van der Waals surface area (Å²) in [5.41, 5.74) is 2.10. The number of nitrogens with zero attached hydrogens (tertiary/aromatic N) is 3. The molecule has 0 aliphatic heterocycles. The molecule has 31 heavy (non-hydrogen) atoms. The fourth-order valence-electron chi connectivity index (χ4n) is 2.86. The Kier molecular flexibility index (Phi) is 6.29. The van der Waals surface area contributed by atoms with Crippen LogP contribution < -0.4 is 14.5 Å². The van der Waals surface area contributed by atoms with Gasteiger partial charge in [0.25, 0.3) is 5.91 Å². The van der Waals surface area contributed by atoms with Crippen LogP contribution in [0.25, 0.3) is 10.2 Å². The van der Waals surface area contributed by atoms with Crippen molar-refractivity contribution in [1.29, 1.82) is 0 Å². The van der Waals surface area contributed by atoms with Crippen molar-refractivity contribution >= 4 is 54.7 Å². The molecule has 0 saturated carbocycles. The van der Waals surface area contributed by atoms with E-state index >= 15 is 0 Å². The summed E-state index contributed by atoms with van der Waals surface area (Å²) in [6.07, 6.45) is 1.63. The molecule has 4 rings (SSSR count). The van der Waals surface area contributed by atoms with Gasteiger partial charge in [-0.05, 0) is 66.2 Å². The van der Waals surface area contributed by atoms with Crippen molar-refractivity contribution in [3.63, 3.8) is 0 Å². The minimum Gasteiger partial charge on any atom is -0.497 e. The Morgan fingerprint density at radius 3 is 2.48 bits per heavy atom. The summed E-state index contributed by atoms with van der Waals surface area (Å²) >= 11 is 4.79. The molecule has 6 nitrogen and oxygen atoms in total. The van der Waals surface area contributed by atoms with Crippen molar-refractivity contribution in [2.45, 2.75) is 0 Å². The van der Waals surface area contributed by atoms with Crippen LogP contribution in [0.3, 0.4) is 0 Å². The molecule has 0 radical (unpaired) electrons. The third-order valence-electron chi connectivity index (χ3n) is 4.47. The van der Waals surface area contributed by atoms with Crippen LogP contribution in [0.4, 0.5) is 5.13 Å². The number of carbonyl (C=O) groups is 1. The molecule has 0 saturated heterocycles. The van der Waals surface area contributed by atoms with Crippen LogP contribution in [0.1, 0.15) is 15.9 Å². The maximum atomic E-state index is 13.3. The van der Waals surface area contributed by atoms with Crippen molar-refractivity contribution in [3.8, 4) is 11.5 Å². The minimum atomic E-state index is -0.280. The molecular weight excluding hydrogens is 478 g/mol. The third-order valence-corrected chi connectivity index (χ3v) is 5.95. The maximum absolute atomic E-state index is 13.3. The lowest BCUT2D eigenvalue weighted by Crippen LogP contribution is -2.25. The van der Waals surface area contributed by atoms with E-state index in [1.807, 2.05) is 54.6 Å². The molecule has 0 unspecified atom stereocenters. The van der Waals surface area contributed by atoms with E-state index in [0.29, 0.717) is 10.7 Å². The lowest BCUT2D eigenvalue weighted by atomic mass is 10.2. The van der Waals surface area contributed by atoms with Crippen LogP contribution in [-0.2, 0) is 0 Å². The van der Waals surface area contributed by atoms with Gasteiger partial charge < -0.3 is 9.47 Å². The number of hydrazone groups is 1. The second-order valence-electron chi connectivity index (χ2n) is 6.48. The Morgan fingerprint density at radius 2 is 1.77 bits per heavy atom. The molecule has 0 N–H and O–H groups in total. The third kappa shape index (κ3) is 4.76. The fourth-order valence-corrected chi connectivity index (χ4v) is 4.21. The van der Waals surface area contributed by atoms with Crippen LogP contribution in [0.15, 0.2) is 76.3 Å². The summed E-state index contributed by atoms with van der Waals surface area (Å²) in [7, 11) is 3.23. The molecule has 3 aromatic carbocycles. The lowest BCUT2D eigenvalue weighted by molar-refractivity contribution is 0.0988. The van der Waals surface area contributed by atoms with Crippen LogP contribution in [0, 0.1) is 0 Å². The smallest absolute Gasteiger partial charge is 0.280 e. The number of methoxy groups -OCH3 is 2. The van der Waals surface area contributed by atoms with Gasteiger partial charge in [0.05, 0.1) is 30.7 Å². The number of aromatic nitrogens is 1. The molecule has 1 heterocycles. The summed E-state index contributed by atoms with van der Waals surface area (Å²) in [6, 6.07) is 20.2. The summed E-state index contributed by atoms with van der Waals surface area (Å²) in [5, 5.41) is 6.28. The Morgan fingerprint density at radius 1 is 1.03 bits per heavy atom. The van der Waals surface area contributed by atoms with Crippen molar-refractivity contribution in [1.82, 2.24) is 4.98 Å². The van der Waals surface area contributed by atoms with Gasteiger partial charge >= 0.3 is 0 Å². The van der Waals surface area contributed by atoms with Gasteiger partial charge in [-0.25, -0.2) is 4.98 Å². The predicted octanol–water partition coefficient (Wildman–Crippen LogP) is 5.76. The van der Waals surface area contributed by atoms with E-state index in [4.69, 9.17) is 9.47 Å². The van der Waals surface area contributed by atoms with Gasteiger partial charge in [0.2, 0.25) is 5.13 Å². The lowest BCUT2D eigenvalue weighted by Gasteiger charge is -2.14. The topological polar surface area (TPSA) is 64.0 Å². The molecule has 0 atom stereocenters. The molecule has 1 amide bonds. The minimum absolute atomic E-state index is 0.280. The predicted molar refractivity (Wildman–Crippen MR) is 128 cm³/mol. The van der Waals surface area contributed by atoms with Crippen molar-refractivity contribution in [2.24, 2.45) is 5.10 Å². The number of rotatable bonds is 6. The SMILES string of the molecule is COc1ccc(/C=N/N(C(=O)c2cccc(Br)c2)c2nc3ccc(OC)cc3s2)cc1. The Labute approximate surface area is 191 Å². The van der Waals surface area contributed by atoms with E-state index in [9.17, 15) is 4.79 Å². The van der Waals surface area contributed by atoms with Gasteiger partial charge in [0, 0.05) is 10.0 Å². The summed E-state index contributed by atoms with van der Waals surface area (Å²) < 4.78 is 12.2. The standard InChI is InChI=1S/C23H18BrN3O3S/c1-29-18-8-6-15(7-9-18)14-25-27(22(28)16-4-3-5-17(24)12-16)23-26-20-11-10-19(30-2)13-21(20)31-23/h3-14H,1-2H3/b25-14+. The van der Waals surface area contributed by atoms with E-state index in [-0.39, 0.29) is 5.91 Å². The maximum Gasteiger partial charge on any atom is 0.280 e. The van der Waals surface area contributed by atoms with Crippen LogP contribution in [0.2, 0.25) is 0 Å². The van der Waals surface area contributed by atoms with Crippen molar-refractivity contribution < 1.29 is 14.3 Å². The van der Waals surface area contributed by atoms with E-state index < -0.39 is 0 Å². The van der Waals surface area contributed by atoms with Gasteiger partial charge in [-0.15, -0.1) is 0 Å². The number of benzene rings is 3. The normalized spacial score (nSPS) is 11.1. The first kappa shape index (κ1) is 21.0. The molecule has 1 aromatic heterocycles. The summed E-state index contributed by atoms with van der Waals surface area (Å²) in [5.74, 6) is 1.20. The van der Waals surface area contributed by atoms with E-state index in [1.165, 1.54) is 16.3 Å². The number of anilines is 1. The number of halogens is 1. The Bertz CT molecular complexity index is 1250. The Hall–Kier alpha value is -3.23. The highest BCUT2D eigenvalue weighted by atomic mass is 79.9. The first-order valence-corrected chi connectivity index (χ1v) is 10.9. The number of thiazole rings is 1. The molecule has 0 fully saturated rings. The molecule has 0 aliphatic rings. The number of amides is 1. The van der Waals surface area contributed by atoms with Gasteiger partial charge in [-0.3, -0.25) is 4.79 Å². The van der Waals surface area contributed by atoms with E-state index in [2.05, 4.69) is 26.0 Å². The van der Waals surface area contributed by atoms with E-state index in [1.54, 1.807) is 32.6 Å². The molecule has 156 valence electrons. The Balaban J connectivity index is 1.74. The average molecular weight is 496 g/mol. The van der Waals surface area contributed by atoms with Crippen LogP contribution in [-0.4, -0.2) is 31.3 Å². The highest BCUT2D eigenvalue weighted by Gasteiger charge is 2.21. The highest BCUT2D eigenvalue weighted by molar-refractivity contribution is 9.10. The summed E-state index contributed by atoms with van der Waals surface area (Å²) in [4.78, 5) is 18.0. The second-order valence-corrected chi connectivity index (χ2v) is 8.40. The highest BCUT2D eigenvalue weighted by Crippen LogP contribution is 2.32. The average Bonchev–Trinajstić information content (AvgIpc) is 3.22.